The molecule has 4 rings (SSSR count). The molecule has 2 heterocycles. The molecule has 1 aliphatic rings. The number of thiocarbonyl (C=S) groups is 1. The molecule has 1 aromatic heterocycles. The van der Waals surface area contributed by atoms with Crippen LogP contribution in [0.3, 0.4) is 0 Å². The first-order valence-corrected chi connectivity index (χ1v) is 9.82. The third-order valence-corrected chi connectivity index (χ3v) is 5.55. The topological polar surface area (TPSA) is 26.6 Å². The van der Waals surface area contributed by atoms with Crippen molar-refractivity contribution >= 4 is 28.1 Å². The fraction of sp³-hybridized carbons (Fsp3) is 0.318. The number of para-hydroxylation sites is 3. The van der Waals surface area contributed by atoms with Gasteiger partial charge >= 0.3 is 0 Å². The maximum absolute atomic E-state index is 5.96. The minimum atomic E-state index is 0.564. The molecule has 0 N–H and O–H groups in total. The Morgan fingerprint density at radius 1 is 1.00 bits per heavy atom. The van der Waals surface area contributed by atoms with Crippen LogP contribution in [0.25, 0.3) is 10.9 Å². The lowest BCUT2D eigenvalue weighted by atomic mass is 10.1. The quantitative estimate of drug-likeness (QED) is 0.588. The third-order valence-electron chi connectivity index (χ3n) is 5.07. The standard InChI is InChI=1S/C22H24N2O2S/c1-25-20-10-4-5-11-21(20)26-15-14-24-16-18(17-8-2-3-9-19(17)24)22(27)23-12-6-7-13-23/h2-5,8-11,16H,6-7,12-15H2,1H3. The Balaban J connectivity index is 1.54. The second-order valence-corrected chi connectivity index (χ2v) is 7.14. The molecule has 0 saturated carbocycles. The number of rotatable bonds is 6. The SMILES string of the molecule is COc1ccccc1OCCn1cc(C(=S)N2CCCC2)c2ccccc21. The summed E-state index contributed by atoms with van der Waals surface area (Å²) in [5.74, 6) is 1.52. The number of methoxy groups -OCH3 is 1. The monoisotopic (exact) mass is 380 g/mol. The smallest absolute Gasteiger partial charge is 0.161 e. The number of hydrogen-bond acceptors (Lipinski definition) is 3. The highest BCUT2D eigenvalue weighted by molar-refractivity contribution is 7.80. The fourth-order valence-corrected chi connectivity index (χ4v) is 4.03. The number of ether oxygens (including phenoxy) is 2. The zero-order chi connectivity index (χ0) is 18.6. The van der Waals surface area contributed by atoms with Gasteiger partial charge in [-0.15, -0.1) is 0 Å². The second-order valence-electron chi connectivity index (χ2n) is 6.75. The van der Waals surface area contributed by atoms with Crippen molar-refractivity contribution in [3.8, 4) is 11.5 Å². The van der Waals surface area contributed by atoms with Crippen LogP contribution in [0.1, 0.15) is 18.4 Å². The van der Waals surface area contributed by atoms with Gasteiger partial charge in [0.05, 0.1) is 13.7 Å². The van der Waals surface area contributed by atoms with E-state index < -0.39 is 0 Å². The summed E-state index contributed by atoms with van der Waals surface area (Å²) in [5.41, 5.74) is 2.34. The molecule has 3 aromatic rings. The average Bonchev–Trinajstić information content (AvgIpc) is 3.37. The Labute approximate surface area is 165 Å². The number of benzene rings is 2. The van der Waals surface area contributed by atoms with E-state index in [4.69, 9.17) is 21.7 Å². The van der Waals surface area contributed by atoms with E-state index in [1.807, 2.05) is 24.3 Å². The summed E-state index contributed by atoms with van der Waals surface area (Å²) in [6, 6.07) is 16.2. The van der Waals surface area contributed by atoms with Crippen LogP contribution in [0, 0.1) is 0 Å². The lowest BCUT2D eigenvalue weighted by Crippen LogP contribution is -2.26. The molecule has 0 aliphatic carbocycles. The summed E-state index contributed by atoms with van der Waals surface area (Å²) in [4.78, 5) is 3.29. The maximum atomic E-state index is 5.96. The van der Waals surface area contributed by atoms with Crippen molar-refractivity contribution in [3.63, 3.8) is 0 Å². The summed E-state index contributed by atoms with van der Waals surface area (Å²) in [5, 5.41) is 1.21. The van der Waals surface area contributed by atoms with Crippen molar-refractivity contribution < 1.29 is 9.47 Å². The van der Waals surface area contributed by atoms with Crippen LogP contribution >= 0.6 is 12.2 Å². The van der Waals surface area contributed by atoms with E-state index in [1.165, 1.54) is 23.7 Å². The second kappa shape index (κ2) is 8.01. The van der Waals surface area contributed by atoms with Gasteiger partial charge in [0.1, 0.15) is 11.6 Å². The number of fused-ring (bicyclic) bond motifs is 1. The molecule has 27 heavy (non-hydrogen) atoms. The van der Waals surface area contributed by atoms with Crippen LogP contribution in [0.4, 0.5) is 0 Å². The maximum Gasteiger partial charge on any atom is 0.161 e. The van der Waals surface area contributed by atoms with E-state index in [-0.39, 0.29) is 0 Å². The molecular weight excluding hydrogens is 356 g/mol. The minimum Gasteiger partial charge on any atom is -0.493 e. The predicted octanol–water partition coefficient (Wildman–Crippen LogP) is 4.50. The number of nitrogens with zero attached hydrogens (tertiary/aromatic N) is 2. The van der Waals surface area contributed by atoms with E-state index in [0.717, 1.165) is 41.7 Å². The van der Waals surface area contributed by atoms with Gasteiger partial charge in [-0.3, -0.25) is 0 Å². The number of aromatic nitrogens is 1. The lowest BCUT2D eigenvalue weighted by Gasteiger charge is -2.17. The Bertz CT molecular complexity index is 944. The molecule has 2 aromatic carbocycles. The Kier molecular flexibility index (Phi) is 5.30. The summed E-state index contributed by atoms with van der Waals surface area (Å²) < 4.78 is 13.6. The highest BCUT2D eigenvalue weighted by atomic mass is 32.1. The average molecular weight is 381 g/mol. The number of likely N-dealkylation sites (tertiary alicyclic amines) is 1. The molecule has 0 atom stereocenters. The van der Waals surface area contributed by atoms with Crippen molar-refractivity contribution in [1.82, 2.24) is 9.47 Å². The van der Waals surface area contributed by atoms with Crippen molar-refractivity contribution in [2.45, 2.75) is 19.4 Å². The molecule has 1 fully saturated rings. The van der Waals surface area contributed by atoms with Crippen molar-refractivity contribution in [3.05, 3.63) is 60.3 Å². The van der Waals surface area contributed by atoms with Gasteiger partial charge in [-0.2, -0.15) is 0 Å². The first-order chi connectivity index (χ1) is 13.3. The molecule has 0 unspecified atom stereocenters. The van der Waals surface area contributed by atoms with Gasteiger partial charge in [-0.1, -0.05) is 42.5 Å². The normalized spacial score (nSPS) is 13.9. The molecule has 1 saturated heterocycles. The van der Waals surface area contributed by atoms with Gasteiger partial charge in [0.2, 0.25) is 0 Å². The van der Waals surface area contributed by atoms with Gasteiger partial charge in [0, 0.05) is 35.8 Å². The highest BCUT2D eigenvalue weighted by Gasteiger charge is 2.20. The van der Waals surface area contributed by atoms with Crippen molar-refractivity contribution in [2.24, 2.45) is 0 Å². The molecule has 0 spiro atoms. The van der Waals surface area contributed by atoms with Crippen molar-refractivity contribution in [1.29, 1.82) is 0 Å². The Morgan fingerprint density at radius 2 is 1.70 bits per heavy atom. The minimum absolute atomic E-state index is 0.564. The van der Waals surface area contributed by atoms with Gasteiger partial charge in [0.15, 0.2) is 11.5 Å². The molecule has 0 radical (unpaired) electrons. The zero-order valence-electron chi connectivity index (χ0n) is 15.6. The molecule has 1 aliphatic heterocycles. The summed E-state index contributed by atoms with van der Waals surface area (Å²) >= 11 is 5.81. The number of hydrogen-bond donors (Lipinski definition) is 0. The van der Waals surface area contributed by atoms with Gasteiger partial charge < -0.3 is 18.9 Å². The van der Waals surface area contributed by atoms with Crippen molar-refractivity contribution in [2.75, 3.05) is 26.8 Å². The molecule has 0 bridgehead atoms. The lowest BCUT2D eigenvalue weighted by molar-refractivity contribution is 0.281. The highest BCUT2D eigenvalue weighted by Crippen LogP contribution is 2.27. The van der Waals surface area contributed by atoms with Gasteiger partial charge in [-0.05, 0) is 31.0 Å². The van der Waals surface area contributed by atoms with E-state index >= 15 is 0 Å². The molecule has 5 heteroatoms. The fourth-order valence-electron chi connectivity index (χ4n) is 3.68. The van der Waals surface area contributed by atoms with Gasteiger partial charge in [-0.25, -0.2) is 0 Å². The zero-order valence-corrected chi connectivity index (χ0v) is 16.4. The van der Waals surface area contributed by atoms with E-state index in [0.29, 0.717) is 6.61 Å². The van der Waals surface area contributed by atoms with Crippen LogP contribution in [0.15, 0.2) is 54.7 Å². The summed E-state index contributed by atoms with van der Waals surface area (Å²) in [6.45, 7) is 3.45. The summed E-state index contributed by atoms with van der Waals surface area (Å²) in [7, 11) is 1.66. The third kappa shape index (κ3) is 3.65. The Morgan fingerprint density at radius 3 is 2.48 bits per heavy atom. The van der Waals surface area contributed by atoms with Gasteiger partial charge in [0.25, 0.3) is 0 Å². The molecule has 140 valence electrons. The summed E-state index contributed by atoms with van der Waals surface area (Å²) in [6.07, 6.45) is 4.63. The predicted molar refractivity (Wildman–Crippen MR) is 113 cm³/mol. The van der Waals surface area contributed by atoms with Crippen LogP contribution in [0.2, 0.25) is 0 Å². The van der Waals surface area contributed by atoms with Crippen LogP contribution in [-0.4, -0.2) is 41.3 Å². The molecular formula is C22H24N2O2S. The molecule has 0 amide bonds. The molecule has 4 nitrogen and oxygen atoms in total. The van der Waals surface area contributed by atoms with E-state index in [9.17, 15) is 0 Å². The van der Waals surface area contributed by atoms with E-state index in [2.05, 4.69) is 39.9 Å². The van der Waals surface area contributed by atoms with E-state index in [1.54, 1.807) is 7.11 Å². The largest absolute Gasteiger partial charge is 0.493 e. The Hall–Kier alpha value is -2.53. The first-order valence-electron chi connectivity index (χ1n) is 9.41. The van der Waals surface area contributed by atoms with Crippen LogP contribution in [0.5, 0.6) is 11.5 Å². The van der Waals surface area contributed by atoms with Crippen LogP contribution < -0.4 is 9.47 Å². The van der Waals surface area contributed by atoms with Crippen LogP contribution in [-0.2, 0) is 6.54 Å². The first kappa shape index (κ1) is 17.9.